The van der Waals surface area contributed by atoms with Crippen LogP contribution in [0.25, 0.3) is 0 Å². The first kappa shape index (κ1) is 11.4. The maximum atomic E-state index is 13.0. The molecule has 1 aromatic rings. The molecule has 0 saturated heterocycles. The molecule has 0 spiro atoms. The number of halogens is 3. The van der Waals surface area contributed by atoms with Crippen molar-refractivity contribution in [3.8, 4) is 0 Å². The zero-order valence-corrected chi connectivity index (χ0v) is 7.81. The van der Waals surface area contributed by atoms with E-state index in [2.05, 4.69) is 4.74 Å². The molecule has 0 unspecified atom stereocenters. The molecule has 1 rings (SSSR count). The van der Waals surface area contributed by atoms with Gasteiger partial charge in [-0.3, -0.25) is 5.32 Å². The molecular weight excluding hydrogens is 211 g/mol. The predicted octanol–water partition coefficient (Wildman–Crippen LogP) is 2.67. The third-order valence-corrected chi connectivity index (χ3v) is 1.51. The highest BCUT2D eigenvalue weighted by molar-refractivity contribution is 5.84. The van der Waals surface area contributed by atoms with Crippen molar-refractivity contribution in [2.24, 2.45) is 0 Å². The first-order chi connectivity index (χ1) is 7.04. The average Bonchev–Trinajstić information content (AvgIpc) is 2.13. The van der Waals surface area contributed by atoms with Crippen molar-refractivity contribution in [3.05, 3.63) is 29.6 Å². The van der Waals surface area contributed by atoms with Gasteiger partial charge in [-0.05, 0) is 6.92 Å². The normalized spacial score (nSPS) is 9.87. The molecule has 0 aliphatic heterocycles. The molecule has 1 amide bonds. The van der Waals surface area contributed by atoms with Gasteiger partial charge in [-0.15, -0.1) is 0 Å². The van der Waals surface area contributed by atoms with Crippen molar-refractivity contribution in [1.82, 2.24) is 0 Å². The second-order valence-corrected chi connectivity index (χ2v) is 2.59. The summed E-state index contributed by atoms with van der Waals surface area (Å²) in [4.78, 5) is 10.8. The van der Waals surface area contributed by atoms with Gasteiger partial charge in [0.15, 0.2) is 11.6 Å². The van der Waals surface area contributed by atoms with E-state index in [0.29, 0.717) is 12.1 Å². The maximum absolute atomic E-state index is 13.0. The first-order valence-corrected chi connectivity index (χ1v) is 4.13. The van der Waals surface area contributed by atoms with E-state index < -0.39 is 29.2 Å². The van der Waals surface area contributed by atoms with Gasteiger partial charge in [0.05, 0.1) is 12.3 Å². The Morgan fingerprint density at radius 3 is 2.67 bits per heavy atom. The number of amides is 1. The number of rotatable bonds is 2. The number of carbonyl (C=O) groups excluding carboxylic acids is 1. The van der Waals surface area contributed by atoms with E-state index in [9.17, 15) is 18.0 Å². The van der Waals surface area contributed by atoms with E-state index in [-0.39, 0.29) is 6.61 Å². The highest BCUT2D eigenvalue weighted by Crippen LogP contribution is 2.19. The second kappa shape index (κ2) is 4.68. The summed E-state index contributed by atoms with van der Waals surface area (Å²) >= 11 is 0. The van der Waals surface area contributed by atoms with E-state index in [4.69, 9.17) is 0 Å². The summed E-state index contributed by atoms with van der Waals surface area (Å²) in [5.74, 6) is -3.69. The van der Waals surface area contributed by atoms with Crippen LogP contribution in [0.2, 0.25) is 0 Å². The zero-order valence-electron chi connectivity index (χ0n) is 7.81. The minimum Gasteiger partial charge on any atom is -0.450 e. The molecule has 0 aromatic heterocycles. The monoisotopic (exact) mass is 219 g/mol. The Bertz CT molecular complexity index is 382. The van der Waals surface area contributed by atoms with Crippen LogP contribution in [-0.2, 0) is 4.74 Å². The van der Waals surface area contributed by atoms with E-state index in [1.54, 1.807) is 6.92 Å². The number of anilines is 1. The molecule has 0 radical (unpaired) electrons. The fourth-order valence-corrected chi connectivity index (χ4v) is 0.924. The number of ether oxygens (including phenoxy) is 1. The lowest BCUT2D eigenvalue weighted by Crippen LogP contribution is -2.15. The van der Waals surface area contributed by atoms with Gasteiger partial charge in [0.1, 0.15) is 5.82 Å². The Labute approximate surface area is 83.8 Å². The molecule has 82 valence electrons. The minimum atomic E-state index is -1.37. The van der Waals surface area contributed by atoms with E-state index >= 15 is 0 Å². The second-order valence-electron chi connectivity index (χ2n) is 2.59. The topological polar surface area (TPSA) is 38.3 Å². The smallest absolute Gasteiger partial charge is 0.411 e. The quantitative estimate of drug-likeness (QED) is 0.776. The molecular formula is C9H8F3NO2. The highest BCUT2D eigenvalue weighted by Gasteiger charge is 2.13. The Balaban J connectivity index is 2.89. The number of hydrogen-bond acceptors (Lipinski definition) is 2. The van der Waals surface area contributed by atoms with Gasteiger partial charge in [-0.1, -0.05) is 0 Å². The molecule has 3 nitrogen and oxygen atoms in total. The Kier molecular flexibility index (Phi) is 3.54. The summed E-state index contributed by atoms with van der Waals surface area (Å²) in [6.45, 7) is 1.62. The highest BCUT2D eigenvalue weighted by atomic mass is 19.2. The summed E-state index contributed by atoms with van der Waals surface area (Å²) in [5, 5.41) is 1.88. The summed E-state index contributed by atoms with van der Waals surface area (Å²) in [5.41, 5.74) is -0.592. The summed E-state index contributed by atoms with van der Waals surface area (Å²) in [6, 6.07) is 1.04. The van der Waals surface area contributed by atoms with Gasteiger partial charge in [-0.2, -0.15) is 0 Å². The average molecular weight is 219 g/mol. The molecule has 0 aliphatic carbocycles. The van der Waals surface area contributed by atoms with Crippen LogP contribution < -0.4 is 5.32 Å². The van der Waals surface area contributed by atoms with Crippen LogP contribution in [0.15, 0.2) is 12.1 Å². The van der Waals surface area contributed by atoms with E-state index in [1.165, 1.54) is 0 Å². The lowest BCUT2D eigenvalue weighted by Gasteiger charge is -2.06. The maximum Gasteiger partial charge on any atom is 0.411 e. The van der Waals surface area contributed by atoms with Crippen molar-refractivity contribution < 1.29 is 22.7 Å². The SMILES string of the molecule is CCOC(=O)Nc1cc(F)cc(F)c1F. The predicted molar refractivity (Wildman–Crippen MR) is 47.0 cm³/mol. The number of benzene rings is 1. The van der Waals surface area contributed by atoms with Crippen LogP contribution in [0, 0.1) is 17.5 Å². The molecule has 15 heavy (non-hydrogen) atoms. The summed E-state index contributed by atoms with van der Waals surface area (Å²) < 4.78 is 42.7. The molecule has 0 heterocycles. The van der Waals surface area contributed by atoms with Crippen LogP contribution in [0.3, 0.4) is 0 Å². The van der Waals surface area contributed by atoms with Crippen molar-refractivity contribution in [1.29, 1.82) is 0 Å². The minimum absolute atomic E-state index is 0.0747. The fraction of sp³-hybridized carbons (Fsp3) is 0.222. The van der Waals surface area contributed by atoms with Crippen molar-refractivity contribution in [2.45, 2.75) is 6.92 Å². The summed E-state index contributed by atoms with van der Waals surface area (Å²) in [6.07, 6.45) is -0.971. The Morgan fingerprint density at radius 1 is 1.40 bits per heavy atom. The lowest BCUT2D eigenvalue weighted by molar-refractivity contribution is 0.167. The molecule has 1 N–H and O–H groups in total. The van der Waals surface area contributed by atoms with E-state index in [0.717, 1.165) is 0 Å². The standard InChI is InChI=1S/C9H8F3NO2/c1-2-15-9(14)13-7-4-5(10)3-6(11)8(7)12/h3-4H,2H2,1H3,(H,13,14). The van der Waals surface area contributed by atoms with Gasteiger partial charge >= 0.3 is 6.09 Å². The number of nitrogens with one attached hydrogen (secondary N) is 1. The van der Waals surface area contributed by atoms with Crippen molar-refractivity contribution >= 4 is 11.8 Å². The largest absolute Gasteiger partial charge is 0.450 e. The van der Waals surface area contributed by atoms with Crippen molar-refractivity contribution in [3.63, 3.8) is 0 Å². The fourth-order valence-electron chi connectivity index (χ4n) is 0.924. The van der Waals surface area contributed by atoms with E-state index in [1.807, 2.05) is 5.32 Å². The molecule has 1 aromatic carbocycles. The van der Waals surface area contributed by atoms with Gasteiger partial charge in [0.2, 0.25) is 0 Å². The zero-order chi connectivity index (χ0) is 11.4. The van der Waals surface area contributed by atoms with Crippen LogP contribution in [0.4, 0.5) is 23.7 Å². The molecule has 0 bridgehead atoms. The third kappa shape index (κ3) is 2.87. The van der Waals surface area contributed by atoms with Gasteiger partial charge < -0.3 is 4.74 Å². The first-order valence-electron chi connectivity index (χ1n) is 4.13. The lowest BCUT2D eigenvalue weighted by atomic mass is 10.3. The van der Waals surface area contributed by atoms with Crippen LogP contribution >= 0.6 is 0 Å². The summed E-state index contributed by atoms with van der Waals surface area (Å²) in [7, 11) is 0. The molecule has 0 saturated carbocycles. The molecule has 6 heteroatoms. The molecule has 0 aliphatic rings. The van der Waals surface area contributed by atoms with Gasteiger partial charge in [0, 0.05) is 12.1 Å². The van der Waals surface area contributed by atoms with Gasteiger partial charge in [-0.25, -0.2) is 18.0 Å². The van der Waals surface area contributed by atoms with Gasteiger partial charge in [0.25, 0.3) is 0 Å². The number of carbonyl (C=O) groups is 1. The number of hydrogen-bond donors (Lipinski definition) is 1. The van der Waals surface area contributed by atoms with Crippen LogP contribution in [0.1, 0.15) is 6.92 Å². The van der Waals surface area contributed by atoms with Crippen molar-refractivity contribution in [2.75, 3.05) is 11.9 Å². The van der Waals surface area contributed by atoms with Crippen LogP contribution in [0.5, 0.6) is 0 Å². The van der Waals surface area contributed by atoms with Crippen LogP contribution in [-0.4, -0.2) is 12.7 Å². The molecule has 0 atom stereocenters. The Morgan fingerprint density at radius 2 is 2.07 bits per heavy atom. The third-order valence-electron chi connectivity index (χ3n) is 1.51. The Hall–Kier alpha value is -1.72. The molecule has 0 fully saturated rings.